The van der Waals surface area contributed by atoms with E-state index >= 15 is 0 Å². The molecule has 2 rings (SSSR count). The van der Waals surface area contributed by atoms with Gasteiger partial charge >= 0.3 is 0 Å². The Labute approximate surface area is 165 Å². The molecule has 1 aliphatic rings. The number of aliphatic imine (C=N–C) groups is 1. The molecular weight excluding hydrogens is 364 g/mol. The SMILES string of the molecule is CCNC(=NCCCNC(=O)c1cccs1)NCCCOCC1CCOC1. The Hall–Kier alpha value is -1.64. The van der Waals surface area contributed by atoms with Gasteiger partial charge in [0, 0.05) is 45.3 Å². The van der Waals surface area contributed by atoms with Crippen molar-refractivity contribution in [1.82, 2.24) is 16.0 Å². The van der Waals surface area contributed by atoms with Gasteiger partial charge in [0.15, 0.2) is 5.96 Å². The Morgan fingerprint density at radius 1 is 1.33 bits per heavy atom. The summed E-state index contributed by atoms with van der Waals surface area (Å²) in [4.78, 5) is 17.1. The molecule has 3 N–H and O–H groups in total. The lowest BCUT2D eigenvalue weighted by Crippen LogP contribution is -2.38. The topological polar surface area (TPSA) is 84.0 Å². The van der Waals surface area contributed by atoms with Crippen LogP contribution in [0.15, 0.2) is 22.5 Å². The molecule has 0 aliphatic carbocycles. The normalized spacial score (nSPS) is 17.1. The summed E-state index contributed by atoms with van der Waals surface area (Å²) in [6.07, 6.45) is 2.86. The lowest BCUT2D eigenvalue weighted by Gasteiger charge is -2.12. The van der Waals surface area contributed by atoms with E-state index in [1.807, 2.05) is 24.4 Å². The minimum atomic E-state index is -0.0109. The number of carbonyl (C=O) groups is 1. The molecule has 152 valence electrons. The first-order valence-electron chi connectivity index (χ1n) is 9.79. The van der Waals surface area contributed by atoms with Gasteiger partial charge in [-0.15, -0.1) is 11.3 Å². The number of carbonyl (C=O) groups excluding carboxylic acids is 1. The highest BCUT2D eigenvalue weighted by molar-refractivity contribution is 7.12. The van der Waals surface area contributed by atoms with E-state index < -0.39 is 0 Å². The van der Waals surface area contributed by atoms with Gasteiger partial charge < -0.3 is 25.4 Å². The molecule has 1 aromatic heterocycles. The van der Waals surface area contributed by atoms with Crippen molar-refractivity contribution in [1.29, 1.82) is 0 Å². The first-order valence-corrected chi connectivity index (χ1v) is 10.7. The van der Waals surface area contributed by atoms with Crippen molar-refractivity contribution >= 4 is 23.2 Å². The van der Waals surface area contributed by atoms with E-state index in [4.69, 9.17) is 9.47 Å². The van der Waals surface area contributed by atoms with Crippen LogP contribution in [0.5, 0.6) is 0 Å². The fraction of sp³-hybridized carbons (Fsp3) is 0.684. The fourth-order valence-electron chi connectivity index (χ4n) is 2.65. The maximum Gasteiger partial charge on any atom is 0.261 e. The number of rotatable bonds is 12. The Kier molecular flexibility index (Phi) is 10.8. The molecule has 1 amide bonds. The summed E-state index contributed by atoms with van der Waals surface area (Å²) in [5, 5.41) is 11.4. The van der Waals surface area contributed by atoms with Crippen LogP contribution >= 0.6 is 11.3 Å². The first-order chi connectivity index (χ1) is 13.3. The molecule has 1 fully saturated rings. The zero-order valence-electron chi connectivity index (χ0n) is 16.2. The van der Waals surface area contributed by atoms with Crippen molar-refractivity contribution in [2.45, 2.75) is 26.2 Å². The summed E-state index contributed by atoms with van der Waals surface area (Å²) in [5.41, 5.74) is 0. The smallest absolute Gasteiger partial charge is 0.261 e. The molecule has 0 spiro atoms. The summed E-state index contributed by atoms with van der Waals surface area (Å²) >= 11 is 1.45. The number of thiophene rings is 1. The average Bonchev–Trinajstić information content (AvgIpc) is 3.37. The first kappa shape index (κ1) is 21.7. The Morgan fingerprint density at radius 3 is 2.96 bits per heavy atom. The predicted molar refractivity (Wildman–Crippen MR) is 110 cm³/mol. The number of ether oxygens (including phenoxy) is 2. The van der Waals surface area contributed by atoms with Crippen LogP contribution in [-0.2, 0) is 9.47 Å². The third kappa shape index (κ3) is 9.21. The highest BCUT2D eigenvalue weighted by Gasteiger charge is 2.15. The molecule has 1 unspecified atom stereocenters. The third-order valence-electron chi connectivity index (χ3n) is 4.11. The zero-order valence-corrected chi connectivity index (χ0v) is 17.0. The van der Waals surface area contributed by atoms with Crippen LogP contribution in [0.4, 0.5) is 0 Å². The van der Waals surface area contributed by atoms with Gasteiger partial charge in [-0.25, -0.2) is 0 Å². The fourth-order valence-corrected chi connectivity index (χ4v) is 3.29. The highest BCUT2D eigenvalue weighted by atomic mass is 32.1. The summed E-state index contributed by atoms with van der Waals surface area (Å²) < 4.78 is 11.0. The van der Waals surface area contributed by atoms with Crippen molar-refractivity contribution < 1.29 is 14.3 Å². The molecule has 8 heteroatoms. The van der Waals surface area contributed by atoms with E-state index in [1.54, 1.807) is 0 Å². The van der Waals surface area contributed by atoms with Crippen molar-refractivity contribution in [3.05, 3.63) is 22.4 Å². The molecule has 1 atom stereocenters. The largest absolute Gasteiger partial charge is 0.381 e. The second-order valence-electron chi connectivity index (χ2n) is 6.43. The van der Waals surface area contributed by atoms with Crippen molar-refractivity contribution in [2.75, 3.05) is 52.6 Å². The molecule has 1 saturated heterocycles. The van der Waals surface area contributed by atoms with Crippen molar-refractivity contribution in [3.8, 4) is 0 Å². The predicted octanol–water partition coefficient (Wildman–Crippen LogP) is 1.87. The number of hydrogen-bond donors (Lipinski definition) is 3. The van der Waals surface area contributed by atoms with E-state index in [1.165, 1.54) is 11.3 Å². The van der Waals surface area contributed by atoms with E-state index in [0.29, 0.717) is 19.0 Å². The number of nitrogens with one attached hydrogen (secondary N) is 3. The minimum Gasteiger partial charge on any atom is -0.381 e. The van der Waals surface area contributed by atoms with E-state index in [9.17, 15) is 4.79 Å². The Bertz CT molecular complexity index is 545. The number of amides is 1. The van der Waals surface area contributed by atoms with E-state index in [-0.39, 0.29) is 5.91 Å². The molecule has 0 radical (unpaired) electrons. The standard InChI is InChI=1S/C19H32N4O3S/c1-2-20-19(23-10-5-11-25-14-16-7-12-26-15-16)22-9-4-8-21-18(24)17-6-3-13-27-17/h3,6,13,16H,2,4-5,7-12,14-15H2,1H3,(H,21,24)(H2,20,22,23). The lowest BCUT2D eigenvalue weighted by atomic mass is 10.1. The molecule has 0 aromatic carbocycles. The van der Waals surface area contributed by atoms with Gasteiger partial charge in [-0.3, -0.25) is 9.79 Å². The van der Waals surface area contributed by atoms with Crippen LogP contribution in [0.1, 0.15) is 35.9 Å². The number of hydrogen-bond acceptors (Lipinski definition) is 5. The maximum absolute atomic E-state index is 11.8. The minimum absolute atomic E-state index is 0.0109. The lowest BCUT2D eigenvalue weighted by molar-refractivity contribution is 0.0888. The summed E-state index contributed by atoms with van der Waals surface area (Å²) in [6.45, 7) is 8.23. The van der Waals surface area contributed by atoms with E-state index in [2.05, 4.69) is 20.9 Å². The van der Waals surface area contributed by atoms with Crippen LogP contribution in [-0.4, -0.2) is 64.5 Å². The molecule has 2 heterocycles. The average molecular weight is 397 g/mol. The monoisotopic (exact) mass is 396 g/mol. The second kappa shape index (κ2) is 13.5. The van der Waals surface area contributed by atoms with Crippen LogP contribution in [0.3, 0.4) is 0 Å². The van der Waals surface area contributed by atoms with Crippen LogP contribution in [0.25, 0.3) is 0 Å². The molecular formula is C19H32N4O3S. The maximum atomic E-state index is 11.8. The highest BCUT2D eigenvalue weighted by Crippen LogP contribution is 2.12. The number of guanidine groups is 1. The van der Waals surface area contributed by atoms with E-state index in [0.717, 1.165) is 69.6 Å². The second-order valence-corrected chi connectivity index (χ2v) is 7.38. The summed E-state index contributed by atoms with van der Waals surface area (Å²) in [5.74, 6) is 1.37. The van der Waals surface area contributed by atoms with Crippen molar-refractivity contribution in [2.24, 2.45) is 10.9 Å². The zero-order chi connectivity index (χ0) is 19.2. The Balaban J connectivity index is 1.51. The van der Waals surface area contributed by atoms with Gasteiger partial charge in [0.1, 0.15) is 0 Å². The van der Waals surface area contributed by atoms with Crippen molar-refractivity contribution in [3.63, 3.8) is 0 Å². The van der Waals surface area contributed by atoms with Gasteiger partial charge in [0.25, 0.3) is 5.91 Å². The molecule has 0 bridgehead atoms. The van der Waals surface area contributed by atoms with Gasteiger partial charge in [0.05, 0.1) is 18.1 Å². The molecule has 0 saturated carbocycles. The van der Waals surface area contributed by atoms with Gasteiger partial charge in [-0.1, -0.05) is 6.07 Å². The summed E-state index contributed by atoms with van der Waals surface area (Å²) in [7, 11) is 0. The van der Waals surface area contributed by atoms with Gasteiger partial charge in [-0.2, -0.15) is 0 Å². The quantitative estimate of drug-likeness (QED) is 0.285. The number of nitrogens with zero attached hydrogens (tertiary/aromatic N) is 1. The Morgan fingerprint density at radius 2 is 2.22 bits per heavy atom. The van der Waals surface area contributed by atoms with Crippen LogP contribution in [0, 0.1) is 5.92 Å². The summed E-state index contributed by atoms with van der Waals surface area (Å²) in [6, 6.07) is 3.71. The molecule has 7 nitrogen and oxygen atoms in total. The van der Waals surface area contributed by atoms with Crippen LogP contribution < -0.4 is 16.0 Å². The molecule has 1 aliphatic heterocycles. The molecule has 27 heavy (non-hydrogen) atoms. The molecule has 1 aromatic rings. The van der Waals surface area contributed by atoms with Gasteiger partial charge in [0.2, 0.25) is 0 Å². The third-order valence-corrected chi connectivity index (χ3v) is 4.98. The van der Waals surface area contributed by atoms with Crippen LogP contribution in [0.2, 0.25) is 0 Å². The van der Waals surface area contributed by atoms with Gasteiger partial charge in [-0.05, 0) is 37.6 Å².